The van der Waals surface area contributed by atoms with Gasteiger partial charge in [-0.1, -0.05) is 55.3 Å². The number of para-hydroxylation sites is 1. The van der Waals surface area contributed by atoms with Crippen molar-refractivity contribution in [2.75, 3.05) is 20.7 Å². The molecule has 182 valence electrons. The second-order valence-electron chi connectivity index (χ2n) is 9.67. The van der Waals surface area contributed by atoms with Crippen LogP contribution in [-0.4, -0.2) is 54.5 Å². The number of ether oxygens (including phenoxy) is 1. The molecule has 0 amide bonds. The number of hydrogen-bond acceptors (Lipinski definition) is 5. The van der Waals surface area contributed by atoms with Crippen molar-refractivity contribution in [2.24, 2.45) is 28.0 Å². The molecular formula is C28H31ClN4O2. The van der Waals surface area contributed by atoms with E-state index in [0.717, 1.165) is 41.9 Å². The molecule has 1 saturated heterocycles. The monoisotopic (exact) mass is 490 g/mol. The van der Waals surface area contributed by atoms with Gasteiger partial charge in [0.1, 0.15) is 0 Å². The highest BCUT2D eigenvalue weighted by Crippen LogP contribution is 2.42. The minimum atomic E-state index is -0.215. The summed E-state index contributed by atoms with van der Waals surface area (Å²) in [5, 5.41) is 11.0. The summed E-state index contributed by atoms with van der Waals surface area (Å²) in [7, 11) is 3.64. The molecule has 6 nitrogen and oxygen atoms in total. The van der Waals surface area contributed by atoms with Crippen molar-refractivity contribution in [3.8, 4) is 0 Å². The number of rotatable bonds is 4. The second kappa shape index (κ2) is 9.96. The number of esters is 1. The molecule has 4 atom stereocenters. The van der Waals surface area contributed by atoms with Gasteiger partial charge in [0.2, 0.25) is 0 Å². The van der Waals surface area contributed by atoms with Crippen LogP contribution in [0.4, 0.5) is 0 Å². The molecule has 2 aliphatic rings. The molecule has 5 rings (SSSR count). The molecule has 0 unspecified atom stereocenters. The van der Waals surface area contributed by atoms with Crippen molar-refractivity contribution in [2.45, 2.75) is 32.2 Å². The van der Waals surface area contributed by atoms with Gasteiger partial charge in [-0.3, -0.25) is 4.79 Å². The van der Waals surface area contributed by atoms with E-state index in [2.05, 4.69) is 47.2 Å². The molecule has 2 aromatic carbocycles. The molecule has 7 heteroatoms. The molecule has 1 aliphatic carbocycles. The Kier molecular flexibility index (Phi) is 6.76. The summed E-state index contributed by atoms with van der Waals surface area (Å²) in [6.45, 7) is 3.16. The van der Waals surface area contributed by atoms with Crippen LogP contribution in [0, 0.1) is 17.8 Å². The van der Waals surface area contributed by atoms with Crippen LogP contribution in [0.15, 0.2) is 58.7 Å². The number of halogens is 1. The number of aromatic nitrogens is 1. The fraction of sp³-hybridized carbons (Fsp3) is 0.393. The van der Waals surface area contributed by atoms with Gasteiger partial charge >= 0.3 is 5.97 Å². The number of H-pyrrole nitrogens is 1. The van der Waals surface area contributed by atoms with Gasteiger partial charge in [-0.25, -0.2) is 0 Å². The van der Waals surface area contributed by atoms with Gasteiger partial charge in [0.15, 0.2) is 0 Å². The Balaban J connectivity index is 1.65. The third kappa shape index (κ3) is 4.53. The Bertz CT molecular complexity index is 1300. The lowest BCUT2D eigenvalue weighted by atomic mass is 9.67. The highest BCUT2D eigenvalue weighted by Gasteiger charge is 2.48. The summed E-state index contributed by atoms with van der Waals surface area (Å²) in [5.74, 6) is 0.157. The summed E-state index contributed by atoms with van der Waals surface area (Å²) < 4.78 is 5.35. The van der Waals surface area contributed by atoms with E-state index < -0.39 is 0 Å². The largest absolute Gasteiger partial charge is 0.469 e. The lowest BCUT2D eigenvalue weighted by Crippen LogP contribution is -2.56. The second-order valence-corrected chi connectivity index (χ2v) is 10.1. The number of carbonyl (C=O) groups is 1. The molecule has 1 aromatic heterocycles. The summed E-state index contributed by atoms with van der Waals surface area (Å²) in [4.78, 5) is 19.1. The minimum absolute atomic E-state index is 0.0738. The number of benzene rings is 2. The number of nitrogens with one attached hydrogen (secondary N) is 1. The molecule has 1 aliphatic heterocycles. The smallest absolute Gasteiger partial charge is 0.310 e. The Labute approximate surface area is 211 Å². The lowest BCUT2D eigenvalue weighted by molar-refractivity contribution is -0.154. The zero-order valence-corrected chi connectivity index (χ0v) is 21.1. The average Bonchev–Trinajstić information content (AvgIpc) is 3.21. The van der Waals surface area contributed by atoms with Crippen LogP contribution in [0.2, 0.25) is 5.02 Å². The molecule has 1 N–H and O–H groups in total. The molecule has 0 saturated carbocycles. The number of likely N-dealkylation sites (N-methyl/N-ethyl adjacent to an activating group) is 1. The van der Waals surface area contributed by atoms with Gasteiger partial charge in [-0.15, -0.1) is 0 Å². The highest BCUT2D eigenvalue weighted by atomic mass is 35.5. The van der Waals surface area contributed by atoms with Gasteiger partial charge in [0.05, 0.1) is 30.6 Å². The first-order chi connectivity index (χ1) is 17.0. The van der Waals surface area contributed by atoms with Crippen LogP contribution in [0.5, 0.6) is 0 Å². The van der Waals surface area contributed by atoms with Crippen molar-refractivity contribution in [3.63, 3.8) is 0 Å². The van der Waals surface area contributed by atoms with E-state index in [1.54, 1.807) is 6.21 Å². The predicted molar refractivity (Wildman–Crippen MR) is 141 cm³/mol. The molecule has 1 fully saturated rings. The maximum atomic E-state index is 13.2. The van der Waals surface area contributed by atoms with E-state index in [9.17, 15) is 4.79 Å². The van der Waals surface area contributed by atoms with E-state index in [0.29, 0.717) is 17.4 Å². The van der Waals surface area contributed by atoms with E-state index in [-0.39, 0.29) is 23.8 Å². The SMILES string of the molecule is CC[C@H]1CN(C)[C@H]2Cc3c([nH]c4ccccc34)/C(=N/N=C\c3cccc(Cl)c3)C[C@H]1[C@H]2C(=O)OC. The summed E-state index contributed by atoms with van der Waals surface area (Å²) in [6.07, 6.45) is 4.13. The average molecular weight is 491 g/mol. The Morgan fingerprint density at radius 3 is 2.83 bits per heavy atom. The van der Waals surface area contributed by atoms with Crippen molar-refractivity contribution < 1.29 is 9.53 Å². The summed E-state index contributed by atoms with van der Waals surface area (Å²) >= 11 is 6.14. The predicted octanol–water partition coefficient (Wildman–Crippen LogP) is 5.34. The Morgan fingerprint density at radius 1 is 1.23 bits per heavy atom. The topological polar surface area (TPSA) is 70.0 Å². The van der Waals surface area contributed by atoms with Crippen LogP contribution in [0.25, 0.3) is 10.9 Å². The van der Waals surface area contributed by atoms with Gasteiger partial charge in [0, 0.05) is 28.5 Å². The number of aromatic amines is 1. The maximum Gasteiger partial charge on any atom is 0.310 e. The summed E-state index contributed by atoms with van der Waals surface area (Å²) in [5.41, 5.74) is 5.07. The zero-order chi connectivity index (χ0) is 24.5. The zero-order valence-electron chi connectivity index (χ0n) is 20.4. The van der Waals surface area contributed by atoms with E-state index in [1.165, 1.54) is 18.1 Å². The van der Waals surface area contributed by atoms with Crippen molar-refractivity contribution >= 4 is 40.4 Å². The number of carbonyl (C=O) groups excluding carboxylic acids is 1. The third-order valence-corrected chi connectivity index (χ3v) is 7.98. The molecule has 0 spiro atoms. The number of methoxy groups -OCH3 is 1. The van der Waals surface area contributed by atoms with Gasteiger partial charge in [-0.2, -0.15) is 10.2 Å². The fourth-order valence-corrected chi connectivity index (χ4v) is 6.20. The molecule has 35 heavy (non-hydrogen) atoms. The van der Waals surface area contributed by atoms with Crippen LogP contribution < -0.4 is 0 Å². The quantitative estimate of drug-likeness (QED) is 0.305. The Morgan fingerprint density at radius 2 is 2.06 bits per heavy atom. The third-order valence-electron chi connectivity index (χ3n) is 7.75. The number of piperidine rings is 1. The number of hydrogen-bond donors (Lipinski definition) is 1. The van der Waals surface area contributed by atoms with Crippen LogP contribution >= 0.6 is 11.6 Å². The lowest BCUT2D eigenvalue weighted by Gasteiger charge is -2.48. The standard InChI is InChI=1S/C28H31ClN4O2/c1-4-18-16-33(2)25-14-22-20-10-5-6-11-23(20)31-27(22)24(13-21(18)26(25)28(34)35-3)32-30-15-17-8-7-9-19(29)12-17/h5-12,15,18,21,25-26,31H,4,13-14,16H2,1-3H3/b30-15-,32-24+/t18-,21+,25-,26+/m0/s1. The number of fused-ring (bicyclic) bond motifs is 5. The van der Waals surface area contributed by atoms with Crippen molar-refractivity contribution in [1.29, 1.82) is 0 Å². The van der Waals surface area contributed by atoms with Crippen molar-refractivity contribution in [3.05, 3.63) is 70.4 Å². The minimum Gasteiger partial charge on any atom is -0.469 e. The number of likely N-dealkylation sites (tertiary alicyclic amines) is 1. The summed E-state index contributed by atoms with van der Waals surface area (Å²) in [6, 6.07) is 15.9. The number of nitrogens with zero attached hydrogens (tertiary/aromatic N) is 3. The molecule has 2 heterocycles. The van der Waals surface area contributed by atoms with Gasteiger partial charge in [-0.05, 0) is 61.1 Å². The van der Waals surface area contributed by atoms with E-state index >= 15 is 0 Å². The highest BCUT2D eigenvalue weighted by molar-refractivity contribution is 6.30. The first-order valence-electron chi connectivity index (χ1n) is 12.2. The van der Waals surface area contributed by atoms with Crippen LogP contribution in [0.3, 0.4) is 0 Å². The molecule has 0 radical (unpaired) electrons. The van der Waals surface area contributed by atoms with E-state index in [1.807, 2.05) is 30.3 Å². The molecular weight excluding hydrogens is 460 g/mol. The Hall–Kier alpha value is -2.96. The van der Waals surface area contributed by atoms with Crippen molar-refractivity contribution in [1.82, 2.24) is 9.88 Å². The first kappa shape index (κ1) is 23.8. The normalized spacial score (nSPS) is 26.0. The van der Waals surface area contributed by atoms with E-state index in [4.69, 9.17) is 21.4 Å². The van der Waals surface area contributed by atoms with Gasteiger partial charge < -0.3 is 14.6 Å². The molecule has 3 aromatic rings. The fourth-order valence-electron chi connectivity index (χ4n) is 6.01. The van der Waals surface area contributed by atoms with Crippen LogP contribution in [-0.2, 0) is 16.0 Å². The first-order valence-corrected chi connectivity index (χ1v) is 12.6. The molecule has 2 bridgehead atoms. The van der Waals surface area contributed by atoms with Crippen LogP contribution in [0.1, 0.15) is 36.6 Å². The van der Waals surface area contributed by atoms with Gasteiger partial charge in [0.25, 0.3) is 0 Å². The maximum absolute atomic E-state index is 13.2.